The number of carbonyl (C=O) groups excluding carboxylic acids is 2. The summed E-state index contributed by atoms with van der Waals surface area (Å²) in [6.07, 6.45) is 3.53. The van der Waals surface area contributed by atoms with Crippen LogP contribution in [0.3, 0.4) is 0 Å². The molecule has 1 fully saturated rings. The molecule has 0 saturated heterocycles. The van der Waals surface area contributed by atoms with Crippen LogP contribution in [-0.4, -0.2) is 49.9 Å². The van der Waals surface area contributed by atoms with Gasteiger partial charge in [-0.2, -0.15) is 4.31 Å². The van der Waals surface area contributed by atoms with Crippen molar-refractivity contribution < 1.29 is 32.2 Å². The number of carbonyl (C=O) groups is 2. The van der Waals surface area contributed by atoms with Crippen LogP contribution < -0.4 is 4.74 Å². The van der Waals surface area contributed by atoms with E-state index in [2.05, 4.69) is 6.58 Å². The van der Waals surface area contributed by atoms with E-state index in [1.165, 1.54) is 18.2 Å². The highest BCUT2D eigenvalue weighted by Crippen LogP contribution is 2.31. The average Bonchev–Trinajstić information content (AvgIpc) is 3.44. The lowest BCUT2D eigenvalue weighted by molar-refractivity contribution is 0.0381. The van der Waals surface area contributed by atoms with Crippen LogP contribution in [-0.2, 0) is 26.0 Å². The van der Waals surface area contributed by atoms with Crippen molar-refractivity contribution in [3.8, 4) is 5.75 Å². The monoisotopic (exact) mass is 439 g/mol. The van der Waals surface area contributed by atoms with E-state index in [1.807, 2.05) is 0 Å². The van der Waals surface area contributed by atoms with Gasteiger partial charge in [0.25, 0.3) is 0 Å². The zero-order chi connectivity index (χ0) is 22.5. The van der Waals surface area contributed by atoms with Crippen molar-refractivity contribution in [2.75, 3.05) is 19.5 Å². The van der Waals surface area contributed by atoms with E-state index >= 15 is 0 Å². The van der Waals surface area contributed by atoms with E-state index in [0.717, 1.165) is 19.1 Å². The van der Waals surface area contributed by atoms with Gasteiger partial charge in [-0.25, -0.2) is 18.0 Å². The number of sulfonamides is 1. The first-order valence-electron chi connectivity index (χ1n) is 9.65. The number of esters is 1. The van der Waals surface area contributed by atoms with Crippen LogP contribution in [0.4, 0.5) is 4.79 Å². The SMILES string of the molecule is C=CCOC(=O)c1ccc(CN(C(=O)OC(C)(C)C)S(C)(=O)=O)c(OCC2CC2)c1. The van der Waals surface area contributed by atoms with E-state index in [4.69, 9.17) is 14.2 Å². The van der Waals surface area contributed by atoms with Crippen molar-refractivity contribution in [1.82, 2.24) is 4.31 Å². The van der Waals surface area contributed by atoms with Gasteiger partial charge in [0.05, 0.1) is 25.0 Å². The first-order valence-corrected chi connectivity index (χ1v) is 11.5. The van der Waals surface area contributed by atoms with Crippen molar-refractivity contribution in [3.05, 3.63) is 42.0 Å². The standard InChI is InChI=1S/C21H29NO7S/c1-6-11-27-19(23)16-9-10-17(18(12-16)28-14-15-7-8-15)13-22(30(5,25)26)20(24)29-21(2,3)4/h6,9-10,12,15H,1,7-8,11,13-14H2,2-5H3. The highest BCUT2D eigenvalue weighted by molar-refractivity contribution is 7.88. The predicted octanol–water partition coefficient (Wildman–Crippen LogP) is 3.51. The van der Waals surface area contributed by atoms with E-state index in [9.17, 15) is 18.0 Å². The first kappa shape index (κ1) is 23.7. The summed E-state index contributed by atoms with van der Waals surface area (Å²) in [4.78, 5) is 24.6. The quantitative estimate of drug-likeness (QED) is 0.429. The van der Waals surface area contributed by atoms with Gasteiger partial charge in [-0.1, -0.05) is 18.7 Å². The molecule has 0 heterocycles. The molecule has 1 aliphatic carbocycles. The van der Waals surface area contributed by atoms with Gasteiger partial charge < -0.3 is 14.2 Å². The van der Waals surface area contributed by atoms with Crippen LogP contribution >= 0.6 is 0 Å². The number of nitrogens with zero attached hydrogens (tertiary/aromatic N) is 1. The molecular weight excluding hydrogens is 410 g/mol. The Morgan fingerprint density at radius 1 is 1.27 bits per heavy atom. The molecule has 166 valence electrons. The molecule has 8 nitrogen and oxygen atoms in total. The average molecular weight is 440 g/mol. The molecule has 30 heavy (non-hydrogen) atoms. The maximum absolute atomic E-state index is 12.5. The van der Waals surface area contributed by atoms with E-state index in [1.54, 1.807) is 26.8 Å². The minimum atomic E-state index is -3.91. The van der Waals surface area contributed by atoms with E-state index < -0.39 is 27.7 Å². The number of hydrogen-bond acceptors (Lipinski definition) is 7. The lowest BCUT2D eigenvalue weighted by Gasteiger charge is -2.26. The summed E-state index contributed by atoms with van der Waals surface area (Å²) in [5.74, 6) is 0.211. The van der Waals surface area contributed by atoms with Gasteiger partial charge in [0.2, 0.25) is 10.0 Å². The lowest BCUT2D eigenvalue weighted by Crippen LogP contribution is -2.39. The number of benzene rings is 1. The molecule has 1 saturated carbocycles. The molecule has 1 amide bonds. The minimum absolute atomic E-state index is 0.0688. The normalized spacial score (nSPS) is 14.0. The molecule has 0 bridgehead atoms. The molecular formula is C21H29NO7S. The first-order chi connectivity index (χ1) is 13.9. The van der Waals surface area contributed by atoms with Crippen molar-refractivity contribution in [3.63, 3.8) is 0 Å². The second kappa shape index (κ2) is 9.51. The number of ether oxygens (including phenoxy) is 3. The Hall–Kier alpha value is -2.55. The fourth-order valence-electron chi connectivity index (χ4n) is 2.44. The Balaban J connectivity index is 2.32. The Kier molecular flexibility index (Phi) is 7.52. The molecule has 0 atom stereocenters. The fourth-order valence-corrected chi connectivity index (χ4v) is 3.12. The maximum atomic E-state index is 12.5. The number of amides is 1. The van der Waals surface area contributed by atoms with Gasteiger partial charge in [0, 0.05) is 5.56 Å². The third-order valence-electron chi connectivity index (χ3n) is 4.12. The zero-order valence-corrected chi connectivity index (χ0v) is 18.7. The number of hydrogen-bond donors (Lipinski definition) is 0. The molecule has 0 spiro atoms. The van der Waals surface area contributed by atoms with E-state index in [0.29, 0.717) is 28.1 Å². The lowest BCUT2D eigenvalue weighted by atomic mass is 10.1. The molecule has 9 heteroatoms. The summed E-state index contributed by atoms with van der Waals surface area (Å²) in [6.45, 7) is 8.69. The van der Waals surface area contributed by atoms with Gasteiger partial charge >= 0.3 is 12.1 Å². The van der Waals surface area contributed by atoms with Crippen LogP contribution in [0, 0.1) is 5.92 Å². The zero-order valence-electron chi connectivity index (χ0n) is 17.8. The molecule has 1 aromatic carbocycles. The third kappa shape index (κ3) is 7.37. The Bertz CT molecular complexity index is 898. The summed E-state index contributed by atoms with van der Waals surface area (Å²) < 4.78 is 41.3. The van der Waals surface area contributed by atoms with Crippen LogP contribution in [0.15, 0.2) is 30.9 Å². The summed E-state index contributed by atoms with van der Waals surface area (Å²) in [5, 5.41) is 0. The Labute approximate surface area is 177 Å². The topological polar surface area (TPSA) is 99.2 Å². The fraction of sp³-hybridized carbons (Fsp3) is 0.524. The molecule has 0 aromatic heterocycles. The summed E-state index contributed by atoms with van der Waals surface area (Å²) in [6, 6.07) is 4.55. The molecule has 2 rings (SSSR count). The van der Waals surface area contributed by atoms with Gasteiger partial charge in [-0.15, -0.1) is 0 Å². The molecule has 0 N–H and O–H groups in total. The summed E-state index contributed by atoms with van der Waals surface area (Å²) >= 11 is 0. The van der Waals surface area contributed by atoms with Crippen LogP contribution in [0.2, 0.25) is 0 Å². The molecule has 0 radical (unpaired) electrons. The van der Waals surface area contributed by atoms with Crippen LogP contribution in [0.1, 0.15) is 49.5 Å². The molecule has 1 aliphatic rings. The van der Waals surface area contributed by atoms with Gasteiger partial charge in [0.15, 0.2) is 0 Å². The van der Waals surface area contributed by atoms with Crippen molar-refractivity contribution in [1.29, 1.82) is 0 Å². The van der Waals surface area contributed by atoms with E-state index in [-0.39, 0.29) is 18.7 Å². The Morgan fingerprint density at radius 3 is 2.47 bits per heavy atom. The van der Waals surface area contributed by atoms with Crippen LogP contribution in [0.25, 0.3) is 0 Å². The van der Waals surface area contributed by atoms with Gasteiger partial charge in [-0.05, 0) is 51.7 Å². The second-order valence-corrected chi connectivity index (χ2v) is 10.1. The second-order valence-electron chi connectivity index (χ2n) is 8.21. The minimum Gasteiger partial charge on any atom is -0.493 e. The highest BCUT2D eigenvalue weighted by atomic mass is 32.2. The number of rotatable bonds is 9. The summed E-state index contributed by atoms with van der Waals surface area (Å²) in [7, 11) is -3.91. The van der Waals surface area contributed by atoms with Crippen molar-refractivity contribution in [2.45, 2.75) is 45.8 Å². The predicted molar refractivity (Wildman–Crippen MR) is 112 cm³/mol. The molecule has 0 aliphatic heterocycles. The summed E-state index contributed by atoms with van der Waals surface area (Å²) in [5.41, 5.74) is -0.161. The molecule has 1 aromatic rings. The smallest absolute Gasteiger partial charge is 0.424 e. The maximum Gasteiger partial charge on any atom is 0.424 e. The largest absolute Gasteiger partial charge is 0.493 e. The van der Waals surface area contributed by atoms with Crippen molar-refractivity contribution >= 4 is 22.1 Å². The van der Waals surface area contributed by atoms with Gasteiger partial charge in [0.1, 0.15) is 18.0 Å². The van der Waals surface area contributed by atoms with Gasteiger partial charge in [-0.3, -0.25) is 0 Å². The molecule has 0 unspecified atom stereocenters. The Morgan fingerprint density at radius 2 is 1.93 bits per heavy atom. The highest BCUT2D eigenvalue weighted by Gasteiger charge is 2.30. The van der Waals surface area contributed by atoms with Crippen molar-refractivity contribution in [2.24, 2.45) is 5.92 Å². The van der Waals surface area contributed by atoms with Crippen LogP contribution in [0.5, 0.6) is 5.75 Å². The third-order valence-corrected chi connectivity index (χ3v) is 5.20.